The number of rotatable bonds is 2. The summed E-state index contributed by atoms with van der Waals surface area (Å²) >= 11 is 0. The molecule has 6 heteroatoms. The standard InChI is InChI=1S/C13H26N2O3S/c1-10-11(15-19(16,17)12(2,3)4)13(9-18-10)5-7-14-8-6-13/h10-11,14-15H,5-9H2,1-4H3/t10-,11-/m1/s1. The monoisotopic (exact) mass is 290 g/mol. The topological polar surface area (TPSA) is 67.4 Å². The molecule has 2 aliphatic heterocycles. The molecule has 0 amide bonds. The Hall–Kier alpha value is -0.170. The summed E-state index contributed by atoms with van der Waals surface area (Å²) in [6.07, 6.45) is 1.87. The van der Waals surface area contributed by atoms with Crippen LogP contribution in [0, 0.1) is 5.41 Å². The van der Waals surface area contributed by atoms with E-state index in [1.807, 2.05) is 6.92 Å². The smallest absolute Gasteiger partial charge is 0.216 e. The molecule has 0 aliphatic carbocycles. The van der Waals surface area contributed by atoms with Crippen LogP contribution in [0.2, 0.25) is 0 Å². The molecule has 0 bridgehead atoms. The average molecular weight is 290 g/mol. The second-order valence-corrected chi connectivity index (χ2v) is 9.31. The van der Waals surface area contributed by atoms with Gasteiger partial charge in [0.25, 0.3) is 0 Å². The van der Waals surface area contributed by atoms with Crippen LogP contribution in [-0.2, 0) is 14.8 Å². The zero-order valence-electron chi connectivity index (χ0n) is 12.3. The summed E-state index contributed by atoms with van der Waals surface area (Å²) in [5.41, 5.74) is -0.0387. The van der Waals surface area contributed by atoms with Gasteiger partial charge in [-0.05, 0) is 53.6 Å². The molecule has 0 unspecified atom stereocenters. The van der Waals surface area contributed by atoms with E-state index in [9.17, 15) is 8.42 Å². The van der Waals surface area contributed by atoms with E-state index in [0.29, 0.717) is 6.61 Å². The SMILES string of the molecule is C[C@H]1OCC2(CCNCC2)[C@@H]1NS(=O)(=O)C(C)(C)C. The lowest BCUT2D eigenvalue weighted by Crippen LogP contribution is -2.56. The Morgan fingerprint density at radius 1 is 1.26 bits per heavy atom. The van der Waals surface area contributed by atoms with Crippen molar-refractivity contribution < 1.29 is 13.2 Å². The first-order valence-electron chi connectivity index (χ1n) is 7.02. The van der Waals surface area contributed by atoms with Crippen LogP contribution in [0.3, 0.4) is 0 Å². The van der Waals surface area contributed by atoms with Gasteiger partial charge in [0.1, 0.15) is 0 Å². The van der Waals surface area contributed by atoms with Crippen LogP contribution in [0.5, 0.6) is 0 Å². The van der Waals surface area contributed by atoms with Gasteiger partial charge in [0.2, 0.25) is 10.0 Å². The predicted octanol–water partition coefficient (Wildman–Crippen LogP) is 0.861. The Kier molecular flexibility index (Phi) is 3.99. The third-order valence-corrected chi connectivity index (χ3v) is 6.63. The zero-order valence-corrected chi connectivity index (χ0v) is 13.1. The van der Waals surface area contributed by atoms with Crippen LogP contribution in [0.1, 0.15) is 40.5 Å². The third kappa shape index (κ3) is 2.82. The molecule has 2 fully saturated rings. The highest BCUT2D eigenvalue weighted by molar-refractivity contribution is 7.90. The Morgan fingerprint density at radius 2 is 1.84 bits per heavy atom. The lowest BCUT2D eigenvalue weighted by molar-refractivity contribution is 0.0951. The van der Waals surface area contributed by atoms with Crippen molar-refractivity contribution in [2.24, 2.45) is 5.41 Å². The summed E-state index contributed by atoms with van der Waals surface area (Å²) in [4.78, 5) is 0. The maximum absolute atomic E-state index is 12.4. The molecule has 0 aromatic rings. The third-order valence-electron chi connectivity index (χ3n) is 4.45. The lowest BCUT2D eigenvalue weighted by Gasteiger charge is -2.39. The first-order valence-corrected chi connectivity index (χ1v) is 8.50. The molecule has 0 aromatic carbocycles. The van der Waals surface area contributed by atoms with Crippen molar-refractivity contribution in [1.29, 1.82) is 0 Å². The number of piperidine rings is 1. The fraction of sp³-hybridized carbons (Fsp3) is 1.00. The van der Waals surface area contributed by atoms with Crippen LogP contribution < -0.4 is 10.0 Å². The highest BCUT2D eigenvalue weighted by Crippen LogP contribution is 2.41. The Bertz CT molecular complexity index is 416. The first kappa shape index (κ1) is 15.2. The minimum Gasteiger partial charge on any atom is -0.376 e. The summed E-state index contributed by atoms with van der Waals surface area (Å²) < 4.78 is 32.7. The molecule has 19 heavy (non-hydrogen) atoms. The van der Waals surface area contributed by atoms with E-state index >= 15 is 0 Å². The highest BCUT2D eigenvalue weighted by Gasteiger charge is 2.50. The van der Waals surface area contributed by atoms with Crippen molar-refractivity contribution in [3.8, 4) is 0 Å². The molecule has 0 radical (unpaired) electrons. The second-order valence-electron chi connectivity index (χ2n) is 6.84. The van der Waals surface area contributed by atoms with Gasteiger partial charge in [-0.2, -0.15) is 0 Å². The van der Waals surface area contributed by atoms with E-state index in [1.165, 1.54) is 0 Å². The van der Waals surface area contributed by atoms with Crippen molar-refractivity contribution in [3.63, 3.8) is 0 Å². The van der Waals surface area contributed by atoms with Crippen molar-refractivity contribution in [3.05, 3.63) is 0 Å². The summed E-state index contributed by atoms with van der Waals surface area (Å²) in [5.74, 6) is 0. The van der Waals surface area contributed by atoms with Gasteiger partial charge < -0.3 is 10.1 Å². The molecule has 2 N–H and O–H groups in total. The first-order chi connectivity index (χ1) is 8.68. The Labute approximate surface area is 116 Å². The van der Waals surface area contributed by atoms with Gasteiger partial charge in [-0.3, -0.25) is 0 Å². The van der Waals surface area contributed by atoms with Crippen LogP contribution in [0.4, 0.5) is 0 Å². The van der Waals surface area contributed by atoms with E-state index in [-0.39, 0.29) is 17.6 Å². The number of ether oxygens (including phenoxy) is 1. The summed E-state index contributed by atoms with van der Waals surface area (Å²) in [6, 6.07) is -0.112. The van der Waals surface area contributed by atoms with Crippen LogP contribution in [0.25, 0.3) is 0 Å². The van der Waals surface area contributed by atoms with E-state index in [1.54, 1.807) is 20.8 Å². The van der Waals surface area contributed by atoms with Crippen molar-refractivity contribution in [2.45, 2.75) is 57.4 Å². The molecular weight excluding hydrogens is 264 g/mol. The largest absolute Gasteiger partial charge is 0.376 e. The van der Waals surface area contributed by atoms with Gasteiger partial charge in [0.15, 0.2) is 0 Å². The number of hydrogen-bond acceptors (Lipinski definition) is 4. The average Bonchev–Trinajstić information content (AvgIpc) is 2.58. The molecule has 2 saturated heterocycles. The second kappa shape index (κ2) is 4.98. The molecule has 112 valence electrons. The van der Waals surface area contributed by atoms with Crippen LogP contribution in [-0.4, -0.2) is 45.0 Å². The Morgan fingerprint density at radius 3 is 2.37 bits per heavy atom. The molecule has 2 rings (SSSR count). The van der Waals surface area contributed by atoms with Gasteiger partial charge in [0, 0.05) is 5.41 Å². The summed E-state index contributed by atoms with van der Waals surface area (Å²) in [5, 5.41) is 3.33. The number of hydrogen-bond donors (Lipinski definition) is 2. The molecule has 2 heterocycles. The minimum atomic E-state index is -3.34. The highest BCUT2D eigenvalue weighted by atomic mass is 32.2. The minimum absolute atomic E-state index is 0.0387. The van der Waals surface area contributed by atoms with Gasteiger partial charge in [-0.1, -0.05) is 0 Å². The maximum Gasteiger partial charge on any atom is 0.216 e. The maximum atomic E-state index is 12.4. The molecule has 0 saturated carbocycles. The van der Waals surface area contributed by atoms with Gasteiger partial charge in [-0.25, -0.2) is 13.1 Å². The molecule has 2 atom stereocenters. The fourth-order valence-corrected chi connectivity index (χ4v) is 4.06. The molecule has 1 spiro atoms. The summed E-state index contributed by atoms with van der Waals surface area (Å²) in [7, 11) is -3.34. The van der Waals surface area contributed by atoms with Crippen LogP contribution in [0.15, 0.2) is 0 Å². The predicted molar refractivity (Wildman–Crippen MR) is 75.5 cm³/mol. The molecular formula is C13H26N2O3S. The van der Waals surface area contributed by atoms with Gasteiger partial charge in [0.05, 0.1) is 23.5 Å². The van der Waals surface area contributed by atoms with E-state index in [4.69, 9.17) is 4.74 Å². The molecule has 5 nitrogen and oxygen atoms in total. The quantitative estimate of drug-likeness (QED) is 0.791. The lowest BCUT2D eigenvalue weighted by atomic mass is 9.74. The normalized spacial score (nSPS) is 31.8. The van der Waals surface area contributed by atoms with E-state index in [2.05, 4.69) is 10.0 Å². The fourth-order valence-electron chi connectivity index (χ4n) is 2.93. The summed E-state index contributed by atoms with van der Waals surface area (Å²) in [6.45, 7) is 9.67. The molecule has 2 aliphatic rings. The van der Waals surface area contributed by atoms with E-state index in [0.717, 1.165) is 25.9 Å². The van der Waals surface area contributed by atoms with Crippen molar-refractivity contribution >= 4 is 10.0 Å². The van der Waals surface area contributed by atoms with Crippen molar-refractivity contribution in [2.75, 3.05) is 19.7 Å². The van der Waals surface area contributed by atoms with Gasteiger partial charge in [-0.15, -0.1) is 0 Å². The van der Waals surface area contributed by atoms with E-state index < -0.39 is 14.8 Å². The number of sulfonamides is 1. The van der Waals surface area contributed by atoms with Crippen molar-refractivity contribution in [1.82, 2.24) is 10.0 Å². The number of nitrogens with one attached hydrogen (secondary N) is 2. The Balaban J connectivity index is 2.21. The van der Waals surface area contributed by atoms with Gasteiger partial charge >= 0.3 is 0 Å². The van der Waals surface area contributed by atoms with Crippen LogP contribution >= 0.6 is 0 Å². The molecule has 0 aromatic heterocycles. The zero-order chi connectivity index (χ0) is 14.3.